The molecule has 1 atom stereocenters. The van der Waals surface area contributed by atoms with Crippen molar-refractivity contribution in [3.05, 3.63) is 47.4 Å². The number of halogens is 1. The fourth-order valence-corrected chi connectivity index (χ4v) is 3.06. The second kappa shape index (κ2) is 6.44. The zero-order chi connectivity index (χ0) is 15.5. The molecule has 2 heterocycles. The average Bonchev–Trinajstić information content (AvgIpc) is 2.55. The Hall–Kier alpha value is -1.94. The van der Waals surface area contributed by atoms with Crippen LogP contribution in [0.1, 0.15) is 31.4 Å². The fraction of sp³-hybridized carbons (Fsp3) is 0.353. The predicted octanol–water partition coefficient (Wildman–Crippen LogP) is 3.52. The third-order valence-corrected chi connectivity index (χ3v) is 4.29. The molecule has 4 nitrogen and oxygen atoms in total. The minimum Gasteiger partial charge on any atom is -0.342 e. The Bertz CT molecular complexity index is 689. The monoisotopic (exact) mass is 315 g/mol. The molecule has 0 N–H and O–H groups in total. The van der Waals surface area contributed by atoms with Crippen LogP contribution in [-0.2, 0) is 4.79 Å². The molecular formula is C17H18ClN3O. The summed E-state index contributed by atoms with van der Waals surface area (Å²) in [5, 5.41) is 0.685. The molecule has 0 saturated carbocycles. The Kier molecular flexibility index (Phi) is 4.39. The maximum atomic E-state index is 11.6. The van der Waals surface area contributed by atoms with Gasteiger partial charge in [-0.15, -0.1) is 0 Å². The van der Waals surface area contributed by atoms with Crippen LogP contribution >= 0.6 is 11.6 Å². The second-order valence-corrected chi connectivity index (χ2v) is 6.08. The number of carbonyl (C=O) groups is 1. The summed E-state index contributed by atoms with van der Waals surface area (Å²) < 4.78 is 0. The number of rotatable bonds is 2. The Morgan fingerprint density at radius 1 is 1.36 bits per heavy atom. The van der Waals surface area contributed by atoms with Crippen LogP contribution < -0.4 is 0 Å². The minimum absolute atomic E-state index is 0.128. The first kappa shape index (κ1) is 15.0. The van der Waals surface area contributed by atoms with Gasteiger partial charge in [-0.25, -0.2) is 4.98 Å². The number of piperidine rings is 1. The van der Waals surface area contributed by atoms with Crippen LogP contribution in [0, 0.1) is 0 Å². The molecule has 1 amide bonds. The van der Waals surface area contributed by atoms with Crippen LogP contribution in [0.25, 0.3) is 11.3 Å². The van der Waals surface area contributed by atoms with E-state index < -0.39 is 0 Å². The van der Waals surface area contributed by atoms with Gasteiger partial charge >= 0.3 is 0 Å². The Morgan fingerprint density at radius 3 is 3.00 bits per heavy atom. The Balaban J connectivity index is 1.86. The number of amides is 1. The summed E-state index contributed by atoms with van der Waals surface area (Å²) >= 11 is 6.04. The Labute approximate surface area is 135 Å². The van der Waals surface area contributed by atoms with E-state index in [0.29, 0.717) is 5.02 Å². The maximum Gasteiger partial charge on any atom is 0.219 e. The summed E-state index contributed by atoms with van der Waals surface area (Å²) in [7, 11) is 0. The first-order valence-corrected chi connectivity index (χ1v) is 7.84. The van der Waals surface area contributed by atoms with E-state index in [-0.39, 0.29) is 11.8 Å². The highest BCUT2D eigenvalue weighted by atomic mass is 35.5. The molecule has 5 heteroatoms. The second-order valence-electron chi connectivity index (χ2n) is 5.64. The lowest BCUT2D eigenvalue weighted by Gasteiger charge is -2.31. The molecule has 1 fully saturated rings. The van der Waals surface area contributed by atoms with E-state index >= 15 is 0 Å². The molecule has 0 unspecified atom stereocenters. The van der Waals surface area contributed by atoms with E-state index in [1.807, 2.05) is 35.4 Å². The number of aromatic nitrogens is 2. The van der Waals surface area contributed by atoms with Crippen LogP contribution in [0.4, 0.5) is 0 Å². The fourth-order valence-electron chi connectivity index (χ4n) is 2.87. The van der Waals surface area contributed by atoms with E-state index in [0.717, 1.165) is 42.9 Å². The zero-order valence-electron chi connectivity index (χ0n) is 12.5. The number of benzene rings is 1. The summed E-state index contributed by atoms with van der Waals surface area (Å²) in [6.07, 6.45) is 5.61. The van der Waals surface area contributed by atoms with Crippen molar-refractivity contribution in [2.24, 2.45) is 0 Å². The number of carbonyl (C=O) groups excluding carboxylic acids is 1. The molecular weight excluding hydrogens is 298 g/mol. The van der Waals surface area contributed by atoms with Crippen LogP contribution in [0.5, 0.6) is 0 Å². The van der Waals surface area contributed by atoms with Gasteiger partial charge in [0.05, 0.1) is 17.6 Å². The summed E-state index contributed by atoms with van der Waals surface area (Å²) in [5.74, 6) is 0.382. The SMILES string of the molecule is CC(=O)N1CCC[C@@H](c2cncc(-c3cccc(Cl)c3)n2)C1. The van der Waals surface area contributed by atoms with Gasteiger partial charge < -0.3 is 4.90 Å². The van der Waals surface area contributed by atoms with Crippen molar-refractivity contribution in [3.63, 3.8) is 0 Å². The normalized spacial score (nSPS) is 18.3. The molecule has 0 aliphatic carbocycles. The third kappa shape index (κ3) is 3.28. The molecule has 0 spiro atoms. The number of hydrogen-bond donors (Lipinski definition) is 0. The van der Waals surface area contributed by atoms with Crippen LogP contribution in [0.3, 0.4) is 0 Å². The first-order chi connectivity index (χ1) is 10.6. The Morgan fingerprint density at radius 2 is 2.23 bits per heavy atom. The minimum atomic E-state index is 0.128. The van der Waals surface area contributed by atoms with Gasteiger partial charge in [-0.3, -0.25) is 9.78 Å². The number of hydrogen-bond acceptors (Lipinski definition) is 3. The predicted molar refractivity (Wildman–Crippen MR) is 86.7 cm³/mol. The molecule has 2 aromatic rings. The zero-order valence-corrected chi connectivity index (χ0v) is 13.3. The van der Waals surface area contributed by atoms with Gasteiger partial charge in [-0.05, 0) is 25.0 Å². The molecule has 1 aromatic carbocycles. The van der Waals surface area contributed by atoms with Crippen LogP contribution in [0.2, 0.25) is 5.02 Å². The smallest absolute Gasteiger partial charge is 0.219 e. The number of nitrogens with zero attached hydrogens (tertiary/aromatic N) is 3. The third-order valence-electron chi connectivity index (χ3n) is 4.06. The molecule has 0 bridgehead atoms. The highest BCUT2D eigenvalue weighted by Gasteiger charge is 2.24. The van der Waals surface area contributed by atoms with E-state index in [1.165, 1.54) is 0 Å². The molecule has 114 valence electrons. The molecule has 22 heavy (non-hydrogen) atoms. The number of likely N-dealkylation sites (tertiary alicyclic amines) is 1. The highest BCUT2D eigenvalue weighted by Crippen LogP contribution is 2.27. The van der Waals surface area contributed by atoms with E-state index in [1.54, 1.807) is 13.1 Å². The summed E-state index contributed by atoms with van der Waals surface area (Å²) in [4.78, 5) is 22.5. The van der Waals surface area contributed by atoms with Crippen molar-refractivity contribution < 1.29 is 4.79 Å². The lowest BCUT2D eigenvalue weighted by Crippen LogP contribution is -2.37. The van der Waals surface area contributed by atoms with E-state index in [2.05, 4.69) is 4.98 Å². The topological polar surface area (TPSA) is 46.1 Å². The molecule has 3 rings (SSSR count). The van der Waals surface area contributed by atoms with Crippen LogP contribution in [0.15, 0.2) is 36.7 Å². The van der Waals surface area contributed by atoms with Crippen molar-refractivity contribution in [1.29, 1.82) is 0 Å². The van der Waals surface area contributed by atoms with E-state index in [4.69, 9.17) is 16.6 Å². The van der Waals surface area contributed by atoms with Gasteiger partial charge in [0.2, 0.25) is 5.91 Å². The summed E-state index contributed by atoms with van der Waals surface area (Å²) in [6.45, 7) is 3.19. The summed E-state index contributed by atoms with van der Waals surface area (Å²) in [6, 6.07) is 7.61. The molecule has 1 saturated heterocycles. The standard InChI is InChI=1S/C17H18ClN3O/c1-12(22)21-7-3-5-14(11-21)17-10-19-9-16(20-17)13-4-2-6-15(18)8-13/h2,4,6,8-10,14H,3,5,7,11H2,1H3/t14-/m1/s1. The lowest BCUT2D eigenvalue weighted by atomic mass is 9.95. The van der Waals surface area contributed by atoms with E-state index in [9.17, 15) is 4.79 Å². The van der Waals surface area contributed by atoms with Crippen molar-refractivity contribution in [3.8, 4) is 11.3 Å². The van der Waals surface area contributed by atoms with Gasteiger partial charge in [0.15, 0.2) is 0 Å². The van der Waals surface area contributed by atoms with Gasteiger partial charge in [-0.2, -0.15) is 0 Å². The quantitative estimate of drug-likeness (QED) is 0.851. The molecule has 1 aliphatic heterocycles. The average molecular weight is 316 g/mol. The van der Waals surface area contributed by atoms with Crippen LogP contribution in [-0.4, -0.2) is 33.9 Å². The first-order valence-electron chi connectivity index (χ1n) is 7.47. The van der Waals surface area contributed by atoms with Crippen molar-refractivity contribution in [2.45, 2.75) is 25.7 Å². The summed E-state index contributed by atoms with van der Waals surface area (Å²) in [5.41, 5.74) is 2.73. The van der Waals surface area contributed by atoms with Gasteiger partial charge in [0.25, 0.3) is 0 Å². The maximum absolute atomic E-state index is 11.6. The molecule has 1 aromatic heterocycles. The molecule has 1 aliphatic rings. The van der Waals surface area contributed by atoms with Crippen molar-refractivity contribution >= 4 is 17.5 Å². The van der Waals surface area contributed by atoms with Gasteiger partial charge in [-0.1, -0.05) is 23.7 Å². The van der Waals surface area contributed by atoms with Crippen molar-refractivity contribution in [2.75, 3.05) is 13.1 Å². The van der Waals surface area contributed by atoms with Gasteiger partial charge in [0, 0.05) is 42.7 Å². The highest BCUT2D eigenvalue weighted by molar-refractivity contribution is 6.30. The lowest BCUT2D eigenvalue weighted by molar-refractivity contribution is -0.130. The largest absolute Gasteiger partial charge is 0.342 e. The van der Waals surface area contributed by atoms with Gasteiger partial charge in [0.1, 0.15) is 0 Å². The van der Waals surface area contributed by atoms with Crippen molar-refractivity contribution in [1.82, 2.24) is 14.9 Å². The molecule has 0 radical (unpaired) electrons.